The summed E-state index contributed by atoms with van der Waals surface area (Å²) in [6, 6.07) is 6.82. The van der Waals surface area contributed by atoms with Crippen LogP contribution in [0, 0.1) is 5.41 Å². The Kier molecular flexibility index (Phi) is 4.23. The first-order chi connectivity index (χ1) is 9.22. The molecule has 2 N–H and O–H groups in total. The fourth-order valence-corrected chi connectivity index (χ4v) is 4.40. The van der Waals surface area contributed by atoms with Gasteiger partial charge in [0.2, 0.25) is 10.0 Å². The monoisotopic (exact) mass is 296 g/mol. The maximum Gasteiger partial charge on any atom is 0.243 e. The van der Waals surface area contributed by atoms with Crippen molar-refractivity contribution in [1.82, 2.24) is 4.31 Å². The van der Waals surface area contributed by atoms with E-state index < -0.39 is 10.0 Å². The number of rotatable bonds is 3. The number of nitrogens with zero attached hydrogens (tertiary/aromatic N) is 1. The summed E-state index contributed by atoms with van der Waals surface area (Å²) in [6.07, 6.45) is 1.98. The maximum atomic E-state index is 12.7. The molecule has 1 unspecified atom stereocenters. The van der Waals surface area contributed by atoms with Crippen LogP contribution in [0.15, 0.2) is 29.2 Å². The van der Waals surface area contributed by atoms with Crippen molar-refractivity contribution in [1.29, 1.82) is 0 Å². The number of piperidine rings is 1. The molecule has 112 valence electrons. The van der Waals surface area contributed by atoms with Crippen LogP contribution in [0.2, 0.25) is 0 Å². The lowest BCUT2D eigenvalue weighted by Crippen LogP contribution is -2.43. The van der Waals surface area contributed by atoms with Gasteiger partial charge >= 0.3 is 0 Å². The molecular formula is C15H24N2O2S. The fourth-order valence-electron chi connectivity index (χ4n) is 2.68. The molecule has 0 amide bonds. The number of benzene rings is 1. The summed E-state index contributed by atoms with van der Waals surface area (Å²) in [6.45, 7) is 7.28. The van der Waals surface area contributed by atoms with Crippen LogP contribution in [0.25, 0.3) is 0 Å². The molecule has 1 aromatic rings. The summed E-state index contributed by atoms with van der Waals surface area (Å²) >= 11 is 0. The van der Waals surface area contributed by atoms with Gasteiger partial charge in [-0.3, -0.25) is 0 Å². The molecule has 1 aliphatic heterocycles. The van der Waals surface area contributed by atoms with E-state index in [4.69, 9.17) is 5.73 Å². The third-order valence-electron chi connectivity index (χ3n) is 3.89. The van der Waals surface area contributed by atoms with E-state index in [0.717, 1.165) is 18.4 Å². The molecule has 1 atom stereocenters. The zero-order chi connectivity index (χ0) is 15.0. The minimum absolute atomic E-state index is 0.0457. The molecule has 0 aromatic heterocycles. The normalized spacial score (nSPS) is 21.6. The van der Waals surface area contributed by atoms with Crippen LogP contribution in [0.1, 0.15) is 45.2 Å². The lowest BCUT2D eigenvalue weighted by Gasteiger charge is -2.37. The maximum absolute atomic E-state index is 12.7. The van der Waals surface area contributed by atoms with E-state index in [1.54, 1.807) is 22.5 Å². The van der Waals surface area contributed by atoms with Crippen LogP contribution in [0.3, 0.4) is 0 Å². The van der Waals surface area contributed by atoms with Crippen LogP contribution in [-0.2, 0) is 10.0 Å². The van der Waals surface area contributed by atoms with Crippen LogP contribution >= 0.6 is 0 Å². The predicted molar refractivity (Wildman–Crippen MR) is 80.8 cm³/mol. The molecule has 1 saturated heterocycles. The first-order valence-electron chi connectivity index (χ1n) is 7.08. The van der Waals surface area contributed by atoms with E-state index in [0.29, 0.717) is 18.0 Å². The standard InChI is InChI=1S/C15H24N2O2S/c1-12(16)13-6-4-7-14(10-13)20(18,19)17-9-5-8-15(2,3)11-17/h4,6-7,10,12H,5,8-9,11,16H2,1-3H3. The van der Waals surface area contributed by atoms with Gasteiger partial charge in [0, 0.05) is 19.1 Å². The minimum atomic E-state index is -3.41. The van der Waals surface area contributed by atoms with Crippen LogP contribution in [0.5, 0.6) is 0 Å². The zero-order valence-electron chi connectivity index (χ0n) is 12.5. The van der Waals surface area contributed by atoms with E-state index in [-0.39, 0.29) is 11.5 Å². The van der Waals surface area contributed by atoms with Crippen molar-refractivity contribution in [2.45, 2.75) is 44.6 Å². The van der Waals surface area contributed by atoms with Crippen molar-refractivity contribution >= 4 is 10.0 Å². The highest BCUT2D eigenvalue weighted by Crippen LogP contribution is 2.32. The molecule has 2 rings (SSSR count). The van der Waals surface area contributed by atoms with Crippen molar-refractivity contribution in [2.24, 2.45) is 11.1 Å². The number of hydrogen-bond acceptors (Lipinski definition) is 3. The summed E-state index contributed by atoms with van der Waals surface area (Å²) < 4.78 is 27.1. The Morgan fingerprint density at radius 1 is 1.35 bits per heavy atom. The highest BCUT2D eigenvalue weighted by atomic mass is 32.2. The Labute approximate surface area is 122 Å². The average Bonchev–Trinajstić information content (AvgIpc) is 2.37. The number of hydrogen-bond donors (Lipinski definition) is 1. The van der Waals surface area contributed by atoms with Crippen LogP contribution in [0.4, 0.5) is 0 Å². The molecule has 1 fully saturated rings. The Morgan fingerprint density at radius 3 is 2.65 bits per heavy atom. The lowest BCUT2D eigenvalue weighted by atomic mass is 9.85. The number of sulfonamides is 1. The third-order valence-corrected chi connectivity index (χ3v) is 5.73. The first-order valence-corrected chi connectivity index (χ1v) is 8.52. The largest absolute Gasteiger partial charge is 0.324 e. The van der Waals surface area contributed by atoms with Gasteiger partial charge in [0.1, 0.15) is 0 Å². The predicted octanol–water partition coefficient (Wildman–Crippen LogP) is 2.52. The van der Waals surface area contributed by atoms with Gasteiger partial charge in [-0.2, -0.15) is 4.31 Å². The second-order valence-corrected chi connectivity index (χ2v) is 8.41. The summed E-state index contributed by atoms with van der Waals surface area (Å²) in [5.41, 5.74) is 6.73. The average molecular weight is 296 g/mol. The quantitative estimate of drug-likeness (QED) is 0.932. The van der Waals surface area contributed by atoms with Crippen molar-refractivity contribution in [3.05, 3.63) is 29.8 Å². The van der Waals surface area contributed by atoms with Gasteiger partial charge in [-0.1, -0.05) is 26.0 Å². The van der Waals surface area contributed by atoms with Gasteiger partial charge in [-0.15, -0.1) is 0 Å². The van der Waals surface area contributed by atoms with Crippen molar-refractivity contribution in [3.63, 3.8) is 0 Å². The molecule has 0 bridgehead atoms. The Hall–Kier alpha value is -0.910. The van der Waals surface area contributed by atoms with Gasteiger partial charge < -0.3 is 5.73 Å². The van der Waals surface area contributed by atoms with E-state index in [1.165, 1.54) is 0 Å². The van der Waals surface area contributed by atoms with Crippen molar-refractivity contribution < 1.29 is 8.42 Å². The van der Waals surface area contributed by atoms with Gasteiger partial charge in [0.25, 0.3) is 0 Å². The summed E-state index contributed by atoms with van der Waals surface area (Å²) in [7, 11) is -3.41. The molecule has 0 aliphatic carbocycles. The summed E-state index contributed by atoms with van der Waals surface area (Å²) in [5, 5.41) is 0. The molecule has 0 saturated carbocycles. The minimum Gasteiger partial charge on any atom is -0.324 e. The SMILES string of the molecule is CC(N)c1cccc(S(=O)(=O)N2CCCC(C)(C)C2)c1. The Bertz CT molecular complexity index is 579. The van der Waals surface area contributed by atoms with Crippen LogP contribution in [-0.4, -0.2) is 25.8 Å². The summed E-state index contributed by atoms with van der Waals surface area (Å²) in [5.74, 6) is 0. The van der Waals surface area contributed by atoms with Gasteiger partial charge in [-0.25, -0.2) is 8.42 Å². The third kappa shape index (κ3) is 3.22. The molecule has 0 radical (unpaired) electrons. The Morgan fingerprint density at radius 2 is 2.05 bits per heavy atom. The molecule has 5 heteroatoms. The highest BCUT2D eigenvalue weighted by Gasteiger charge is 2.34. The van der Waals surface area contributed by atoms with Crippen LogP contribution < -0.4 is 5.73 Å². The van der Waals surface area contributed by atoms with E-state index in [9.17, 15) is 8.42 Å². The molecule has 20 heavy (non-hydrogen) atoms. The lowest BCUT2D eigenvalue weighted by molar-refractivity contribution is 0.187. The van der Waals surface area contributed by atoms with Gasteiger partial charge in [0.15, 0.2) is 0 Å². The van der Waals surface area contributed by atoms with Gasteiger partial charge in [0.05, 0.1) is 4.90 Å². The van der Waals surface area contributed by atoms with Crippen molar-refractivity contribution in [3.8, 4) is 0 Å². The smallest absolute Gasteiger partial charge is 0.243 e. The molecular weight excluding hydrogens is 272 g/mol. The second-order valence-electron chi connectivity index (χ2n) is 6.47. The van der Waals surface area contributed by atoms with Gasteiger partial charge in [-0.05, 0) is 42.9 Å². The fraction of sp³-hybridized carbons (Fsp3) is 0.600. The molecule has 1 aliphatic rings. The Balaban J connectivity index is 2.33. The van der Waals surface area contributed by atoms with Crippen molar-refractivity contribution in [2.75, 3.05) is 13.1 Å². The molecule has 4 nitrogen and oxygen atoms in total. The molecule has 1 aromatic carbocycles. The molecule has 0 spiro atoms. The molecule has 1 heterocycles. The topological polar surface area (TPSA) is 63.4 Å². The van der Waals surface area contributed by atoms with E-state index >= 15 is 0 Å². The zero-order valence-corrected chi connectivity index (χ0v) is 13.3. The van der Waals surface area contributed by atoms with E-state index in [2.05, 4.69) is 13.8 Å². The number of nitrogens with two attached hydrogens (primary N) is 1. The van der Waals surface area contributed by atoms with E-state index in [1.807, 2.05) is 13.0 Å². The first kappa shape index (κ1) is 15.5. The second kappa shape index (κ2) is 5.47. The highest BCUT2D eigenvalue weighted by molar-refractivity contribution is 7.89. The summed E-state index contributed by atoms with van der Waals surface area (Å²) in [4.78, 5) is 0.352.